The summed E-state index contributed by atoms with van der Waals surface area (Å²) in [4.78, 5) is 17.0. The molecule has 24 heavy (non-hydrogen) atoms. The molecule has 4 nitrogen and oxygen atoms in total. The normalized spacial score (nSPS) is 19.8. The van der Waals surface area contributed by atoms with E-state index in [2.05, 4.69) is 4.98 Å². The molecule has 2 heterocycles. The lowest BCUT2D eigenvalue weighted by molar-refractivity contribution is -0.124. The van der Waals surface area contributed by atoms with Gasteiger partial charge in [-0.2, -0.15) is 0 Å². The number of hydrogen-bond acceptors (Lipinski definition) is 3. The van der Waals surface area contributed by atoms with Gasteiger partial charge in [-0.15, -0.1) is 0 Å². The largest absolute Gasteiger partial charge is 0.496 e. The molecule has 0 amide bonds. The molecule has 0 bridgehead atoms. The van der Waals surface area contributed by atoms with Crippen molar-refractivity contribution in [2.45, 2.75) is 44.6 Å². The van der Waals surface area contributed by atoms with Crippen molar-refractivity contribution in [3.8, 4) is 17.0 Å². The zero-order valence-corrected chi connectivity index (χ0v) is 13.8. The standard InChI is InChI=1S/C19H21FN2O2/c1-24-17-8-7-13(20)18-14(22-11-21-10-15(22)19(17)18)9-16(23)12-5-3-2-4-6-12/h7-8,10-12,14H,2-6,9H2,1H3. The highest BCUT2D eigenvalue weighted by Crippen LogP contribution is 2.47. The van der Waals surface area contributed by atoms with Gasteiger partial charge in [-0.25, -0.2) is 9.37 Å². The summed E-state index contributed by atoms with van der Waals surface area (Å²) in [7, 11) is 1.58. The summed E-state index contributed by atoms with van der Waals surface area (Å²) >= 11 is 0. The Morgan fingerprint density at radius 2 is 2.12 bits per heavy atom. The van der Waals surface area contributed by atoms with Gasteiger partial charge in [0.15, 0.2) is 0 Å². The average molecular weight is 328 g/mol. The number of carbonyl (C=O) groups excluding carboxylic acids is 1. The monoisotopic (exact) mass is 328 g/mol. The van der Waals surface area contributed by atoms with Crippen LogP contribution >= 0.6 is 0 Å². The first-order valence-corrected chi connectivity index (χ1v) is 8.62. The lowest BCUT2D eigenvalue weighted by Crippen LogP contribution is -2.21. The summed E-state index contributed by atoms with van der Waals surface area (Å²) in [5, 5.41) is 0. The average Bonchev–Trinajstić information content (AvgIpc) is 3.19. The molecule has 1 aliphatic carbocycles. The summed E-state index contributed by atoms with van der Waals surface area (Å²) < 4.78 is 21.9. The number of Topliss-reactive ketones (excluding diaryl/α,β-unsaturated/α-hetero) is 1. The summed E-state index contributed by atoms with van der Waals surface area (Å²) in [6.45, 7) is 0. The van der Waals surface area contributed by atoms with Gasteiger partial charge in [0.2, 0.25) is 0 Å². The first-order valence-electron chi connectivity index (χ1n) is 8.62. The van der Waals surface area contributed by atoms with E-state index in [4.69, 9.17) is 4.74 Å². The van der Waals surface area contributed by atoms with Gasteiger partial charge in [-0.1, -0.05) is 19.3 Å². The lowest BCUT2D eigenvalue weighted by atomic mass is 9.83. The number of benzene rings is 1. The molecular weight excluding hydrogens is 307 g/mol. The van der Waals surface area contributed by atoms with Gasteiger partial charge in [0.1, 0.15) is 17.3 Å². The zero-order valence-electron chi connectivity index (χ0n) is 13.8. The van der Waals surface area contributed by atoms with Crippen LogP contribution in [0.3, 0.4) is 0 Å². The smallest absolute Gasteiger partial charge is 0.138 e. The van der Waals surface area contributed by atoms with Gasteiger partial charge >= 0.3 is 0 Å². The highest BCUT2D eigenvalue weighted by atomic mass is 19.1. The second-order valence-corrected chi connectivity index (χ2v) is 6.75. The van der Waals surface area contributed by atoms with Crippen LogP contribution in [-0.4, -0.2) is 22.4 Å². The Hall–Kier alpha value is -2.17. The fourth-order valence-corrected chi connectivity index (χ4v) is 4.20. The Bertz CT molecular complexity index is 778. The van der Waals surface area contributed by atoms with Crippen molar-refractivity contribution in [3.63, 3.8) is 0 Å². The number of ether oxygens (including phenoxy) is 1. The minimum atomic E-state index is -0.318. The molecule has 5 heteroatoms. The van der Waals surface area contributed by atoms with E-state index < -0.39 is 0 Å². The second kappa shape index (κ2) is 6.04. The number of rotatable bonds is 4. The van der Waals surface area contributed by atoms with Crippen molar-refractivity contribution >= 4 is 5.78 Å². The molecule has 4 rings (SSSR count). The highest BCUT2D eigenvalue weighted by molar-refractivity contribution is 5.84. The van der Waals surface area contributed by atoms with Gasteiger partial charge in [0, 0.05) is 17.9 Å². The summed E-state index contributed by atoms with van der Waals surface area (Å²) in [5.74, 6) is 0.717. The Morgan fingerprint density at radius 1 is 1.33 bits per heavy atom. The van der Waals surface area contributed by atoms with Crippen LogP contribution in [0.15, 0.2) is 24.7 Å². The quantitative estimate of drug-likeness (QED) is 0.847. The number of methoxy groups -OCH3 is 1. The lowest BCUT2D eigenvalue weighted by Gasteiger charge is -2.23. The fourth-order valence-electron chi connectivity index (χ4n) is 4.20. The highest BCUT2D eigenvalue weighted by Gasteiger charge is 2.36. The first kappa shape index (κ1) is 15.4. The Morgan fingerprint density at radius 3 is 2.88 bits per heavy atom. The molecule has 2 aliphatic rings. The summed E-state index contributed by atoms with van der Waals surface area (Å²) in [6.07, 6.45) is 9.12. The molecule has 1 atom stereocenters. The van der Waals surface area contributed by atoms with Gasteiger partial charge in [-0.05, 0) is 25.0 Å². The maximum atomic E-state index is 14.6. The summed E-state index contributed by atoms with van der Waals surface area (Å²) in [5.41, 5.74) is 2.12. The minimum Gasteiger partial charge on any atom is -0.496 e. The van der Waals surface area contributed by atoms with Crippen LogP contribution in [0, 0.1) is 11.7 Å². The number of imidazole rings is 1. The molecule has 1 saturated carbocycles. The topological polar surface area (TPSA) is 44.1 Å². The predicted octanol–water partition coefficient (Wildman–Crippen LogP) is 4.14. The Balaban J connectivity index is 1.71. The van der Waals surface area contributed by atoms with E-state index in [9.17, 15) is 9.18 Å². The van der Waals surface area contributed by atoms with Gasteiger partial charge in [0.25, 0.3) is 0 Å². The fraction of sp³-hybridized carbons (Fsp3) is 0.474. The van der Waals surface area contributed by atoms with Crippen molar-refractivity contribution < 1.29 is 13.9 Å². The molecule has 0 saturated heterocycles. The molecule has 2 aromatic rings. The molecule has 1 fully saturated rings. The van der Waals surface area contributed by atoms with Crippen LogP contribution < -0.4 is 4.74 Å². The molecule has 1 aromatic carbocycles. The third-order valence-electron chi connectivity index (χ3n) is 5.42. The number of aromatic nitrogens is 2. The number of carbonyl (C=O) groups is 1. The second-order valence-electron chi connectivity index (χ2n) is 6.75. The van der Waals surface area contributed by atoms with E-state index in [1.165, 1.54) is 12.5 Å². The van der Waals surface area contributed by atoms with Crippen LogP contribution in [0.4, 0.5) is 4.39 Å². The van der Waals surface area contributed by atoms with Crippen LogP contribution in [0.25, 0.3) is 11.3 Å². The molecule has 0 radical (unpaired) electrons. The molecule has 0 spiro atoms. The Kier molecular flexibility index (Phi) is 3.87. The molecule has 126 valence electrons. The first-order chi connectivity index (χ1) is 11.7. The van der Waals surface area contributed by atoms with Crippen molar-refractivity contribution in [2.24, 2.45) is 5.92 Å². The maximum Gasteiger partial charge on any atom is 0.138 e. The van der Waals surface area contributed by atoms with Gasteiger partial charge < -0.3 is 9.30 Å². The van der Waals surface area contributed by atoms with Crippen molar-refractivity contribution in [1.29, 1.82) is 0 Å². The Labute approximate surface area is 140 Å². The zero-order chi connectivity index (χ0) is 16.7. The van der Waals surface area contributed by atoms with Crippen molar-refractivity contribution in [1.82, 2.24) is 9.55 Å². The molecule has 1 aromatic heterocycles. The predicted molar refractivity (Wildman–Crippen MR) is 88.5 cm³/mol. The van der Waals surface area contributed by atoms with Crippen molar-refractivity contribution in [3.05, 3.63) is 36.0 Å². The van der Waals surface area contributed by atoms with E-state index in [0.29, 0.717) is 17.7 Å². The van der Waals surface area contributed by atoms with E-state index in [1.54, 1.807) is 25.7 Å². The SMILES string of the molecule is COc1ccc(F)c2c1-c1cncn1C2CC(=O)C1CCCCC1. The van der Waals surface area contributed by atoms with Crippen molar-refractivity contribution in [2.75, 3.05) is 7.11 Å². The number of halogens is 1. The van der Waals surface area contributed by atoms with Crippen LogP contribution in [-0.2, 0) is 4.79 Å². The van der Waals surface area contributed by atoms with Gasteiger partial charge in [-0.3, -0.25) is 4.79 Å². The minimum absolute atomic E-state index is 0.128. The van der Waals surface area contributed by atoms with Crippen LogP contribution in [0.1, 0.15) is 50.1 Å². The van der Waals surface area contributed by atoms with Crippen LogP contribution in [0.5, 0.6) is 5.75 Å². The van der Waals surface area contributed by atoms with E-state index in [1.807, 2.05) is 4.57 Å². The van der Waals surface area contributed by atoms with E-state index in [-0.39, 0.29) is 23.6 Å². The number of ketones is 1. The molecule has 0 N–H and O–H groups in total. The molecular formula is C19H21FN2O2. The van der Waals surface area contributed by atoms with E-state index >= 15 is 0 Å². The molecule has 1 aliphatic heterocycles. The maximum absolute atomic E-state index is 14.6. The van der Waals surface area contributed by atoms with Gasteiger partial charge in [0.05, 0.1) is 36.9 Å². The number of nitrogens with zero attached hydrogens (tertiary/aromatic N) is 2. The number of fused-ring (bicyclic) bond motifs is 3. The van der Waals surface area contributed by atoms with E-state index in [0.717, 1.165) is 36.9 Å². The third kappa shape index (κ3) is 2.34. The molecule has 1 unspecified atom stereocenters. The number of hydrogen-bond donors (Lipinski definition) is 0. The van der Waals surface area contributed by atoms with Crippen LogP contribution in [0.2, 0.25) is 0 Å². The summed E-state index contributed by atoms with van der Waals surface area (Å²) in [6, 6.07) is 2.74. The third-order valence-corrected chi connectivity index (χ3v) is 5.42.